The van der Waals surface area contributed by atoms with E-state index in [9.17, 15) is 4.79 Å². The summed E-state index contributed by atoms with van der Waals surface area (Å²) in [6, 6.07) is 9.18. The molecule has 0 unspecified atom stereocenters. The van der Waals surface area contributed by atoms with E-state index in [1.165, 1.54) is 7.11 Å². The maximum atomic E-state index is 11.1. The number of benzene rings is 1. The number of methoxy groups -OCH3 is 1. The monoisotopic (exact) mass is 219 g/mol. The van der Waals surface area contributed by atoms with Gasteiger partial charge >= 0.3 is 5.97 Å². The molecule has 1 atom stereocenters. The van der Waals surface area contributed by atoms with Gasteiger partial charge in [-0.25, -0.2) is 0 Å². The Morgan fingerprint density at radius 2 is 2.19 bits per heavy atom. The summed E-state index contributed by atoms with van der Waals surface area (Å²) in [4.78, 5) is 13.8. The lowest BCUT2D eigenvalue weighted by Gasteiger charge is -2.09. The van der Waals surface area contributed by atoms with E-state index in [0.29, 0.717) is 6.42 Å². The number of ether oxygens (including phenoxy) is 1. The third kappa shape index (κ3) is 4.02. The van der Waals surface area contributed by atoms with Crippen LogP contribution in [0.25, 0.3) is 10.4 Å². The van der Waals surface area contributed by atoms with E-state index in [1.807, 2.05) is 30.3 Å². The Bertz CT molecular complexity index is 385. The molecule has 0 N–H and O–H groups in total. The molecule has 0 aliphatic rings. The summed E-state index contributed by atoms with van der Waals surface area (Å²) in [6.45, 7) is 0. The van der Waals surface area contributed by atoms with Crippen molar-refractivity contribution in [1.29, 1.82) is 0 Å². The van der Waals surface area contributed by atoms with Crippen LogP contribution in [0, 0.1) is 0 Å². The number of nitrogens with zero attached hydrogens (tertiary/aromatic N) is 3. The van der Waals surface area contributed by atoms with Crippen LogP contribution in [0.1, 0.15) is 12.0 Å². The Balaban J connectivity index is 2.65. The molecule has 0 aliphatic heterocycles. The van der Waals surface area contributed by atoms with Gasteiger partial charge in [0.1, 0.15) is 0 Å². The van der Waals surface area contributed by atoms with Gasteiger partial charge in [0.05, 0.1) is 19.6 Å². The average Bonchev–Trinajstić information content (AvgIpc) is 2.30. The van der Waals surface area contributed by atoms with E-state index >= 15 is 0 Å². The number of hydrogen-bond acceptors (Lipinski definition) is 3. The highest BCUT2D eigenvalue weighted by atomic mass is 16.5. The van der Waals surface area contributed by atoms with Gasteiger partial charge in [0.2, 0.25) is 0 Å². The molecule has 0 saturated carbocycles. The number of rotatable bonds is 5. The Morgan fingerprint density at radius 1 is 1.50 bits per heavy atom. The fraction of sp³-hybridized carbons (Fsp3) is 0.364. The van der Waals surface area contributed by atoms with Gasteiger partial charge in [-0.05, 0) is 17.5 Å². The standard InChI is InChI=1S/C11H13N3O2/c1-16-11(15)8-10(13-14-12)7-9-5-3-2-4-6-9/h2-6,10H,7-8H2,1H3/t10-/m1/s1. The van der Waals surface area contributed by atoms with Gasteiger partial charge in [-0.15, -0.1) is 0 Å². The molecule has 5 nitrogen and oxygen atoms in total. The summed E-state index contributed by atoms with van der Waals surface area (Å²) in [7, 11) is 1.32. The first-order valence-electron chi connectivity index (χ1n) is 4.91. The van der Waals surface area contributed by atoms with Crippen molar-refractivity contribution in [2.45, 2.75) is 18.9 Å². The number of carbonyl (C=O) groups is 1. The maximum absolute atomic E-state index is 11.1. The van der Waals surface area contributed by atoms with Gasteiger partial charge < -0.3 is 4.74 Å². The van der Waals surface area contributed by atoms with E-state index in [1.54, 1.807) is 0 Å². The lowest BCUT2D eigenvalue weighted by Crippen LogP contribution is -2.15. The average molecular weight is 219 g/mol. The van der Waals surface area contributed by atoms with Crippen LogP contribution in [-0.2, 0) is 16.0 Å². The van der Waals surface area contributed by atoms with Crippen molar-refractivity contribution in [2.75, 3.05) is 7.11 Å². The molecule has 84 valence electrons. The van der Waals surface area contributed by atoms with Crippen molar-refractivity contribution in [3.63, 3.8) is 0 Å². The molecule has 0 amide bonds. The van der Waals surface area contributed by atoms with Crippen molar-refractivity contribution in [3.05, 3.63) is 46.3 Å². The summed E-state index contributed by atoms with van der Waals surface area (Å²) < 4.78 is 4.54. The summed E-state index contributed by atoms with van der Waals surface area (Å²) in [5.74, 6) is -0.367. The minimum atomic E-state index is -0.389. The Labute approximate surface area is 93.7 Å². The third-order valence-electron chi connectivity index (χ3n) is 2.16. The fourth-order valence-electron chi connectivity index (χ4n) is 1.39. The topological polar surface area (TPSA) is 75.1 Å². The van der Waals surface area contributed by atoms with Gasteiger partial charge in [0.25, 0.3) is 0 Å². The normalized spacial score (nSPS) is 11.3. The first-order chi connectivity index (χ1) is 7.76. The molecule has 16 heavy (non-hydrogen) atoms. The third-order valence-corrected chi connectivity index (χ3v) is 2.16. The van der Waals surface area contributed by atoms with Gasteiger partial charge in [0, 0.05) is 4.91 Å². The molecule has 1 aromatic rings. The molecule has 0 saturated heterocycles. The zero-order valence-electron chi connectivity index (χ0n) is 9.04. The first-order valence-corrected chi connectivity index (χ1v) is 4.91. The highest BCUT2D eigenvalue weighted by Gasteiger charge is 2.13. The quantitative estimate of drug-likeness (QED) is 0.330. The van der Waals surface area contributed by atoms with Crippen molar-refractivity contribution < 1.29 is 9.53 Å². The van der Waals surface area contributed by atoms with Gasteiger partial charge in [-0.1, -0.05) is 35.4 Å². The second-order valence-electron chi connectivity index (χ2n) is 3.33. The summed E-state index contributed by atoms with van der Waals surface area (Å²) in [6.07, 6.45) is 0.648. The van der Waals surface area contributed by atoms with Gasteiger partial charge in [-0.3, -0.25) is 4.79 Å². The predicted octanol–water partition coefficient (Wildman–Crippen LogP) is 2.47. The zero-order valence-corrected chi connectivity index (χ0v) is 9.04. The summed E-state index contributed by atoms with van der Waals surface area (Å²) in [5, 5.41) is 3.59. The number of hydrogen-bond donors (Lipinski definition) is 0. The highest BCUT2D eigenvalue weighted by molar-refractivity contribution is 5.70. The smallest absolute Gasteiger partial charge is 0.305 e. The minimum Gasteiger partial charge on any atom is -0.469 e. The van der Waals surface area contributed by atoms with E-state index in [2.05, 4.69) is 14.8 Å². The second kappa shape index (κ2) is 6.48. The summed E-state index contributed by atoms with van der Waals surface area (Å²) >= 11 is 0. The molecule has 0 fully saturated rings. The molecule has 0 bridgehead atoms. The van der Waals surface area contributed by atoms with E-state index < -0.39 is 0 Å². The van der Waals surface area contributed by atoms with Crippen LogP contribution >= 0.6 is 0 Å². The molecule has 0 heterocycles. The second-order valence-corrected chi connectivity index (χ2v) is 3.33. The molecular formula is C11H13N3O2. The minimum absolute atomic E-state index is 0.107. The Hall–Kier alpha value is -2.00. The Kier molecular flexibility index (Phi) is 4.89. The molecule has 0 radical (unpaired) electrons. The van der Waals surface area contributed by atoms with Crippen molar-refractivity contribution in [2.24, 2.45) is 5.11 Å². The molecule has 1 aromatic carbocycles. The van der Waals surface area contributed by atoms with Gasteiger partial charge in [-0.2, -0.15) is 0 Å². The Morgan fingerprint density at radius 3 is 2.75 bits per heavy atom. The van der Waals surface area contributed by atoms with Crippen molar-refractivity contribution >= 4 is 5.97 Å². The van der Waals surface area contributed by atoms with Crippen LogP contribution < -0.4 is 0 Å². The lowest BCUT2D eigenvalue weighted by atomic mass is 10.0. The fourth-order valence-corrected chi connectivity index (χ4v) is 1.39. The SMILES string of the molecule is COC(=O)C[C@@H](Cc1ccccc1)N=[N+]=[N-]. The first kappa shape index (κ1) is 12.1. The van der Waals surface area contributed by atoms with Crippen LogP contribution in [-0.4, -0.2) is 19.1 Å². The molecule has 5 heteroatoms. The molecular weight excluding hydrogens is 206 g/mol. The molecule has 0 spiro atoms. The van der Waals surface area contributed by atoms with Crippen LogP contribution in [0.2, 0.25) is 0 Å². The maximum Gasteiger partial charge on any atom is 0.305 e. The van der Waals surface area contributed by atoms with E-state index in [0.717, 1.165) is 5.56 Å². The van der Waals surface area contributed by atoms with Crippen LogP contribution in [0.4, 0.5) is 0 Å². The summed E-state index contributed by atoms with van der Waals surface area (Å²) in [5.41, 5.74) is 9.44. The van der Waals surface area contributed by atoms with Crippen molar-refractivity contribution in [3.8, 4) is 0 Å². The van der Waals surface area contributed by atoms with Crippen molar-refractivity contribution in [1.82, 2.24) is 0 Å². The van der Waals surface area contributed by atoms with Crippen LogP contribution in [0.5, 0.6) is 0 Å². The predicted molar refractivity (Wildman–Crippen MR) is 59.7 cm³/mol. The molecule has 0 aromatic heterocycles. The zero-order chi connectivity index (χ0) is 11.8. The largest absolute Gasteiger partial charge is 0.469 e. The number of azide groups is 1. The van der Waals surface area contributed by atoms with E-state index in [-0.39, 0.29) is 18.4 Å². The molecule has 1 rings (SSSR count). The highest BCUT2D eigenvalue weighted by Crippen LogP contribution is 2.09. The van der Waals surface area contributed by atoms with Crippen LogP contribution in [0.15, 0.2) is 35.4 Å². The van der Waals surface area contributed by atoms with Crippen LogP contribution in [0.3, 0.4) is 0 Å². The van der Waals surface area contributed by atoms with E-state index in [4.69, 9.17) is 5.53 Å². The number of carbonyl (C=O) groups excluding carboxylic acids is 1. The molecule has 0 aliphatic carbocycles. The van der Waals surface area contributed by atoms with Gasteiger partial charge in [0.15, 0.2) is 0 Å². The number of esters is 1. The lowest BCUT2D eigenvalue weighted by molar-refractivity contribution is -0.140.